The second-order valence-electron chi connectivity index (χ2n) is 6.12. The van der Waals surface area contributed by atoms with Gasteiger partial charge in [0, 0.05) is 33.7 Å². The van der Waals surface area contributed by atoms with E-state index in [9.17, 15) is 9.59 Å². The normalized spacial score (nSPS) is 13.8. The highest BCUT2D eigenvalue weighted by Crippen LogP contribution is 2.34. The molecule has 132 valence electrons. The maximum atomic E-state index is 13.0. The molecule has 1 aromatic carbocycles. The summed E-state index contributed by atoms with van der Waals surface area (Å²) < 4.78 is 0.692. The summed E-state index contributed by atoms with van der Waals surface area (Å²) in [6, 6.07) is 4.96. The van der Waals surface area contributed by atoms with E-state index in [2.05, 4.69) is 31.2 Å². The number of amides is 1. The highest BCUT2D eigenvalue weighted by Gasteiger charge is 2.30. The lowest BCUT2D eigenvalue weighted by molar-refractivity contribution is -0.117. The zero-order valence-corrected chi connectivity index (χ0v) is 16.4. The first kappa shape index (κ1) is 17.5. The molecule has 2 N–H and O–H groups in total. The van der Waals surface area contributed by atoms with Gasteiger partial charge in [0.25, 0.3) is 0 Å². The van der Waals surface area contributed by atoms with Gasteiger partial charge in [-0.2, -0.15) is 0 Å². The van der Waals surface area contributed by atoms with Crippen molar-refractivity contribution in [3.8, 4) is 0 Å². The summed E-state index contributed by atoms with van der Waals surface area (Å²) in [6.07, 6.45) is 4.93. The predicted molar refractivity (Wildman–Crippen MR) is 105 cm³/mol. The van der Waals surface area contributed by atoms with E-state index in [1.807, 2.05) is 0 Å². The number of carbonyl (C=O) groups is 2. The Morgan fingerprint density at radius 2 is 1.92 bits per heavy atom. The van der Waals surface area contributed by atoms with Gasteiger partial charge in [0.15, 0.2) is 11.6 Å². The molecular weight excluding hydrogens is 441 g/mol. The third kappa shape index (κ3) is 3.13. The maximum Gasteiger partial charge on any atom is 0.228 e. The number of hydrogen-bond acceptors (Lipinski definition) is 3. The molecule has 0 saturated heterocycles. The van der Waals surface area contributed by atoms with E-state index < -0.39 is 0 Å². The van der Waals surface area contributed by atoms with Crippen molar-refractivity contribution in [2.45, 2.75) is 12.8 Å². The summed E-state index contributed by atoms with van der Waals surface area (Å²) in [4.78, 5) is 32.3. The molecule has 2 heterocycles. The molecule has 0 atom stereocenters. The van der Waals surface area contributed by atoms with Gasteiger partial charge in [0.2, 0.25) is 5.91 Å². The van der Waals surface area contributed by atoms with Crippen LogP contribution in [0.1, 0.15) is 28.8 Å². The third-order valence-electron chi connectivity index (χ3n) is 4.27. The van der Waals surface area contributed by atoms with Crippen molar-refractivity contribution in [3.05, 3.63) is 56.2 Å². The van der Waals surface area contributed by atoms with E-state index in [1.54, 1.807) is 30.6 Å². The van der Waals surface area contributed by atoms with Gasteiger partial charge in [0.1, 0.15) is 0 Å². The van der Waals surface area contributed by atoms with Crippen LogP contribution in [0.5, 0.6) is 0 Å². The van der Waals surface area contributed by atoms with Crippen LogP contribution in [0.4, 0.5) is 5.82 Å². The number of benzene rings is 1. The number of fused-ring (bicyclic) bond motifs is 1. The first-order chi connectivity index (χ1) is 12.5. The number of nitrogens with one attached hydrogen (secondary N) is 2. The highest BCUT2D eigenvalue weighted by atomic mass is 79.9. The fourth-order valence-electron chi connectivity index (χ4n) is 2.80. The summed E-state index contributed by atoms with van der Waals surface area (Å²) in [6.45, 7) is 0. The molecule has 1 aliphatic rings. The van der Waals surface area contributed by atoms with Crippen LogP contribution >= 0.6 is 39.1 Å². The average Bonchev–Trinajstić information content (AvgIpc) is 3.33. The van der Waals surface area contributed by atoms with Gasteiger partial charge in [-0.3, -0.25) is 9.59 Å². The SMILES string of the molecule is O=C(c1c(Cl)cc(Br)cc1Cl)c1c[nH]c2c(NC(=O)C3CC3)nccc12. The Kier molecular flexibility index (Phi) is 4.50. The number of hydrogen-bond donors (Lipinski definition) is 2. The summed E-state index contributed by atoms with van der Waals surface area (Å²) >= 11 is 15.7. The quantitative estimate of drug-likeness (QED) is 0.533. The first-order valence-electron chi connectivity index (χ1n) is 7.92. The van der Waals surface area contributed by atoms with Crippen molar-refractivity contribution in [2.24, 2.45) is 5.92 Å². The number of H-pyrrole nitrogens is 1. The van der Waals surface area contributed by atoms with Crippen molar-refractivity contribution < 1.29 is 9.59 Å². The largest absolute Gasteiger partial charge is 0.357 e. The summed E-state index contributed by atoms with van der Waals surface area (Å²) in [5, 5.41) is 3.99. The number of nitrogens with zero attached hydrogens (tertiary/aromatic N) is 1. The van der Waals surface area contributed by atoms with Gasteiger partial charge in [-0.1, -0.05) is 39.1 Å². The Labute approximate surface area is 167 Å². The van der Waals surface area contributed by atoms with E-state index in [1.165, 1.54) is 0 Å². The standard InChI is InChI=1S/C18H12BrCl2N3O2/c19-9-5-12(20)14(13(21)6-9)16(25)11-7-23-15-10(11)3-4-22-17(15)24-18(26)8-1-2-8/h3-8,23H,1-2H2,(H,22,24,26). The van der Waals surface area contributed by atoms with Crippen molar-refractivity contribution in [3.63, 3.8) is 0 Å². The maximum absolute atomic E-state index is 13.0. The molecule has 0 aliphatic heterocycles. The molecule has 8 heteroatoms. The van der Waals surface area contributed by atoms with E-state index >= 15 is 0 Å². The van der Waals surface area contributed by atoms with Crippen molar-refractivity contribution in [1.82, 2.24) is 9.97 Å². The average molecular weight is 453 g/mol. The van der Waals surface area contributed by atoms with Crippen molar-refractivity contribution in [2.75, 3.05) is 5.32 Å². The minimum Gasteiger partial charge on any atom is -0.357 e. The van der Waals surface area contributed by atoms with Crippen LogP contribution in [0, 0.1) is 5.92 Å². The highest BCUT2D eigenvalue weighted by molar-refractivity contribution is 9.10. The van der Waals surface area contributed by atoms with Gasteiger partial charge >= 0.3 is 0 Å². The number of ketones is 1. The lowest BCUT2D eigenvalue weighted by atomic mass is 10.0. The molecule has 1 amide bonds. The smallest absolute Gasteiger partial charge is 0.228 e. The number of pyridine rings is 1. The number of aromatic nitrogens is 2. The minimum absolute atomic E-state index is 0.0496. The molecule has 1 fully saturated rings. The lowest BCUT2D eigenvalue weighted by Crippen LogP contribution is -2.14. The van der Waals surface area contributed by atoms with Crippen LogP contribution in [0.15, 0.2) is 35.1 Å². The zero-order chi connectivity index (χ0) is 18.4. The van der Waals surface area contributed by atoms with E-state index in [0.29, 0.717) is 26.8 Å². The predicted octanol–water partition coefficient (Wildman–Crippen LogP) is 5.21. The fourth-order valence-corrected chi connectivity index (χ4v) is 4.18. The van der Waals surface area contributed by atoms with Crippen LogP contribution in [-0.2, 0) is 4.79 Å². The number of halogens is 3. The topological polar surface area (TPSA) is 74.8 Å². The molecule has 26 heavy (non-hydrogen) atoms. The Morgan fingerprint density at radius 3 is 2.58 bits per heavy atom. The molecule has 0 spiro atoms. The van der Waals surface area contributed by atoms with Crippen LogP contribution in [0.3, 0.4) is 0 Å². The van der Waals surface area contributed by atoms with Gasteiger partial charge in [-0.15, -0.1) is 0 Å². The second-order valence-corrected chi connectivity index (χ2v) is 7.85. The zero-order valence-electron chi connectivity index (χ0n) is 13.3. The Bertz CT molecular complexity index is 1040. The summed E-state index contributed by atoms with van der Waals surface area (Å²) in [5.74, 6) is 0.117. The lowest BCUT2D eigenvalue weighted by Gasteiger charge is -2.07. The van der Waals surface area contributed by atoms with Gasteiger partial charge in [0.05, 0.1) is 21.1 Å². The number of rotatable bonds is 4. The molecule has 4 rings (SSSR count). The van der Waals surface area contributed by atoms with E-state index in [4.69, 9.17) is 23.2 Å². The first-order valence-corrected chi connectivity index (χ1v) is 9.47. The molecule has 5 nitrogen and oxygen atoms in total. The summed E-state index contributed by atoms with van der Waals surface area (Å²) in [7, 11) is 0. The molecule has 2 aromatic heterocycles. The molecule has 3 aromatic rings. The fraction of sp³-hybridized carbons (Fsp3) is 0.167. The third-order valence-corrected chi connectivity index (χ3v) is 5.32. The molecule has 1 saturated carbocycles. The van der Waals surface area contributed by atoms with E-state index in [0.717, 1.165) is 12.8 Å². The number of anilines is 1. The Balaban J connectivity index is 1.76. The molecule has 0 radical (unpaired) electrons. The summed E-state index contributed by atoms with van der Waals surface area (Å²) in [5.41, 5.74) is 1.24. The second kappa shape index (κ2) is 6.68. The molecular formula is C18H12BrCl2N3O2. The van der Waals surface area contributed by atoms with Crippen LogP contribution in [-0.4, -0.2) is 21.7 Å². The molecule has 0 bridgehead atoms. The molecule has 0 unspecified atom stereocenters. The Morgan fingerprint density at radius 1 is 1.23 bits per heavy atom. The van der Waals surface area contributed by atoms with Crippen LogP contribution < -0.4 is 5.32 Å². The van der Waals surface area contributed by atoms with Gasteiger partial charge < -0.3 is 10.3 Å². The van der Waals surface area contributed by atoms with Crippen molar-refractivity contribution >= 4 is 67.5 Å². The van der Waals surface area contributed by atoms with Gasteiger partial charge in [-0.05, 0) is 31.0 Å². The molecule has 1 aliphatic carbocycles. The van der Waals surface area contributed by atoms with Crippen LogP contribution in [0.2, 0.25) is 10.0 Å². The number of aromatic amines is 1. The minimum atomic E-state index is -0.301. The van der Waals surface area contributed by atoms with Crippen molar-refractivity contribution in [1.29, 1.82) is 0 Å². The number of carbonyl (C=O) groups excluding carboxylic acids is 2. The Hall–Kier alpha value is -1.89. The monoisotopic (exact) mass is 451 g/mol. The van der Waals surface area contributed by atoms with Gasteiger partial charge in [-0.25, -0.2) is 4.98 Å². The van der Waals surface area contributed by atoms with Crippen LogP contribution in [0.25, 0.3) is 10.9 Å². The van der Waals surface area contributed by atoms with E-state index in [-0.39, 0.29) is 33.2 Å².